The molecule has 0 saturated carbocycles. The molecule has 0 unspecified atom stereocenters. The van der Waals surface area contributed by atoms with E-state index in [1.54, 1.807) is 13.0 Å². The molecule has 0 bridgehead atoms. The average molecular weight is 285 g/mol. The Hall–Kier alpha value is -1.60. The minimum atomic E-state index is -0.430. The van der Waals surface area contributed by atoms with E-state index in [0.717, 1.165) is 0 Å². The van der Waals surface area contributed by atoms with Crippen LogP contribution in [0.1, 0.15) is 16.1 Å². The minimum absolute atomic E-state index is 0.104. The van der Waals surface area contributed by atoms with Crippen molar-refractivity contribution in [2.75, 3.05) is 11.6 Å². The Bertz CT molecular complexity index is 587. The molecular formula is C10H9ClN4O2S. The first-order valence-corrected chi connectivity index (χ1v) is 6.51. The largest absolute Gasteiger partial charge is 0.360 e. The Morgan fingerprint density at radius 2 is 2.33 bits per heavy atom. The summed E-state index contributed by atoms with van der Waals surface area (Å²) in [7, 11) is 0. The van der Waals surface area contributed by atoms with Crippen LogP contribution in [0.3, 0.4) is 0 Å². The Kier molecular flexibility index (Phi) is 3.83. The van der Waals surface area contributed by atoms with Crippen LogP contribution in [-0.2, 0) is 0 Å². The van der Waals surface area contributed by atoms with Crippen molar-refractivity contribution in [3.63, 3.8) is 0 Å². The zero-order valence-corrected chi connectivity index (χ0v) is 11.2. The van der Waals surface area contributed by atoms with Gasteiger partial charge in [-0.05, 0) is 13.2 Å². The van der Waals surface area contributed by atoms with Gasteiger partial charge < -0.3 is 9.84 Å². The van der Waals surface area contributed by atoms with Crippen LogP contribution in [0.2, 0.25) is 5.15 Å². The number of hydrogen-bond acceptors (Lipinski definition) is 6. The highest BCUT2D eigenvalue weighted by atomic mass is 35.5. The van der Waals surface area contributed by atoms with Gasteiger partial charge in [0.05, 0.1) is 5.56 Å². The molecular weight excluding hydrogens is 276 g/mol. The smallest absolute Gasteiger partial charge is 0.261 e. The van der Waals surface area contributed by atoms with Crippen LogP contribution < -0.4 is 5.32 Å². The zero-order valence-electron chi connectivity index (χ0n) is 9.60. The van der Waals surface area contributed by atoms with E-state index in [1.807, 2.05) is 6.26 Å². The number of hydrogen-bond donors (Lipinski definition) is 1. The predicted molar refractivity (Wildman–Crippen MR) is 68.0 cm³/mol. The summed E-state index contributed by atoms with van der Waals surface area (Å²) in [6.45, 7) is 1.73. The van der Waals surface area contributed by atoms with Crippen LogP contribution in [0.5, 0.6) is 0 Å². The number of amides is 1. The summed E-state index contributed by atoms with van der Waals surface area (Å²) in [4.78, 5) is 19.8. The molecule has 94 valence electrons. The topological polar surface area (TPSA) is 80.9 Å². The molecule has 2 aromatic rings. The number of carbonyl (C=O) groups excluding carboxylic acids is 1. The van der Waals surface area contributed by atoms with Crippen molar-refractivity contribution < 1.29 is 9.32 Å². The van der Waals surface area contributed by atoms with Crippen molar-refractivity contribution >= 4 is 35.1 Å². The van der Waals surface area contributed by atoms with Crippen molar-refractivity contribution in [2.45, 2.75) is 12.1 Å². The molecule has 1 amide bonds. The quantitative estimate of drug-likeness (QED) is 0.529. The molecule has 0 aliphatic heterocycles. The van der Waals surface area contributed by atoms with E-state index in [-0.39, 0.29) is 10.7 Å². The fraction of sp³-hybridized carbons (Fsp3) is 0.200. The Balaban J connectivity index is 2.18. The lowest BCUT2D eigenvalue weighted by molar-refractivity contribution is 0.102. The first kappa shape index (κ1) is 12.8. The molecule has 0 radical (unpaired) electrons. The molecule has 0 atom stereocenters. The van der Waals surface area contributed by atoms with E-state index in [0.29, 0.717) is 16.7 Å². The average Bonchev–Trinajstić information content (AvgIpc) is 2.74. The van der Waals surface area contributed by atoms with Crippen molar-refractivity contribution in [2.24, 2.45) is 0 Å². The summed E-state index contributed by atoms with van der Waals surface area (Å²) in [6, 6.07) is 1.60. The molecule has 0 aliphatic rings. The van der Waals surface area contributed by atoms with E-state index in [1.165, 1.54) is 18.0 Å². The second-order valence-electron chi connectivity index (χ2n) is 3.34. The SMILES string of the molecule is CSc1ncc(C(=O)Nc2cc(C)on2)c(Cl)n1. The highest BCUT2D eigenvalue weighted by molar-refractivity contribution is 7.98. The van der Waals surface area contributed by atoms with Gasteiger partial charge in [-0.25, -0.2) is 9.97 Å². The molecule has 0 spiro atoms. The van der Waals surface area contributed by atoms with Gasteiger partial charge in [0, 0.05) is 12.3 Å². The molecule has 2 heterocycles. The number of carbonyl (C=O) groups is 1. The van der Waals surface area contributed by atoms with E-state index < -0.39 is 5.91 Å². The third-order valence-corrected chi connectivity index (χ3v) is 2.87. The fourth-order valence-electron chi connectivity index (χ4n) is 1.21. The van der Waals surface area contributed by atoms with Crippen LogP contribution in [0.25, 0.3) is 0 Å². The minimum Gasteiger partial charge on any atom is -0.360 e. The van der Waals surface area contributed by atoms with E-state index in [2.05, 4.69) is 20.4 Å². The lowest BCUT2D eigenvalue weighted by Crippen LogP contribution is -2.14. The lowest BCUT2D eigenvalue weighted by atomic mass is 10.3. The van der Waals surface area contributed by atoms with Gasteiger partial charge in [-0.1, -0.05) is 28.5 Å². The fourth-order valence-corrected chi connectivity index (χ4v) is 1.81. The third kappa shape index (κ3) is 2.80. The van der Waals surface area contributed by atoms with E-state index in [4.69, 9.17) is 16.1 Å². The molecule has 2 aromatic heterocycles. The molecule has 0 aromatic carbocycles. The number of aryl methyl sites for hydroxylation is 1. The number of nitrogens with zero attached hydrogens (tertiary/aromatic N) is 3. The first-order chi connectivity index (χ1) is 8.60. The molecule has 18 heavy (non-hydrogen) atoms. The number of thioether (sulfide) groups is 1. The zero-order chi connectivity index (χ0) is 13.1. The summed E-state index contributed by atoms with van der Waals surface area (Å²) in [5, 5.41) is 6.80. The number of nitrogens with one attached hydrogen (secondary N) is 1. The number of anilines is 1. The van der Waals surface area contributed by atoms with Gasteiger partial charge in [0.1, 0.15) is 10.9 Å². The molecule has 6 nitrogen and oxygen atoms in total. The summed E-state index contributed by atoms with van der Waals surface area (Å²) < 4.78 is 4.84. The predicted octanol–water partition coefficient (Wildman–Crippen LogP) is 2.40. The Morgan fingerprint density at radius 1 is 1.56 bits per heavy atom. The van der Waals surface area contributed by atoms with Gasteiger partial charge >= 0.3 is 0 Å². The van der Waals surface area contributed by atoms with E-state index in [9.17, 15) is 4.79 Å². The molecule has 8 heteroatoms. The first-order valence-electron chi connectivity index (χ1n) is 4.91. The van der Waals surface area contributed by atoms with Crippen LogP contribution in [0.4, 0.5) is 5.82 Å². The van der Waals surface area contributed by atoms with Crippen LogP contribution in [0.15, 0.2) is 21.9 Å². The van der Waals surface area contributed by atoms with Crippen molar-refractivity contribution in [3.05, 3.63) is 28.7 Å². The highest BCUT2D eigenvalue weighted by Gasteiger charge is 2.14. The van der Waals surface area contributed by atoms with Crippen molar-refractivity contribution in [1.29, 1.82) is 0 Å². The normalized spacial score (nSPS) is 10.4. The Morgan fingerprint density at radius 3 is 2.89 bits per heavy atom. The van der Waals surface area contributed by atoms with Crippen molar-refractivity contribution in [1.82, 2.24) is 15.1 Å². The summed E-state index contributed by atoms with van der Waals surface area (Å²) in [5.41, 5.74) is 0.190. The molecule has 0 saturated heterocycles. The van der Waals surface area contributed by atoms with Gasteiger partial charge in [0.25, 0.3) is 5.91 Å². The maximum absolute atomic E-state index is 11.9. The van der Waals surface area contributed by atoms with Gasteiger partial charge in [0.2, 0.25) is 0 Å². The number of aromatic nitrogens is 3. The van der Waals surface area contributed by atoms with Crippen molar-refractivity contribution in [3.8, 4) is 0 Å². The van der Waals surface area contributed by atoms with Gasteiger partial charge in [-0.15, -0.1) is 0 Å². The molecule has 0 aliphatic carbocycles. The lowest BCUT2D eigenvalue weighted by Gasteiger charge is -2.03. The molecule has 2 rings (SSSR count). The van der Waals surface area contributed by atoms with Gasteiger partial charge in [0.15, 0.2) is 11.0 Å². The van der Waals surface area contributed by atoms with E-state index >= 15 is 0 Å². The van der Waals surface area contributed by atoms with Gasteiger partial charge in [-0.2, -0.15) is 0 Å². The van der Waals surface area contributed by atoms with Gasteiger partial charge in [-0.3, -0.25) is 4.79 Å². The third-order valence-electron chi connectivity index (χ3n) is 2.02. The summed E-state index contributed by atoms with van der Waals surface area (Å²) in [6.07, 6.45) is 3.20. The van der Waals surface area contributed by atoms with Crippen LogP contribution >= 0.6 is 23.4 Å². The highest BCUT2D eigenvalue weighted by Crippen LogP contribution is 2.18. The number of halogens is 1. The second kappa shape index (κ2) is 5.36. The monoisotopic (exact) mass is 284 g/mol. The maximum atomic E-state index is 11.9. The second-order valence-corrected chi connectivity index (χ2v) is 4.47. The molecule has 0 fully saturated rings. The van der Waals surface area contributed by atoms with Crippen LogP contribution in [0, 0.1) is 6.92 Å². The standard InChI is InChI=1S/C10H9ClN4O2S/c1-5-3-7(15-17-5)13-9(16)6-4-12-10(18-2)14-8(6)11/h3-4H,1-2H3,(H,13,15,16). The molecule has 1 N–H and O–H groups in total. The summed E-state index contributed by atoms with van der Waals surface area (Å²) >= 11 is 7.25. The van der Waals surface area contributed by atoms with Crippen LogP contribution in [-0.4, -0.2) is 27.3 Å². The number of rotatable bonds is 3. The maximum Gasteiger partial charge on any atom is 0.261 e. The Labute approximate surface area is 112 Å². The summed E-state index contributed by atoms with van der Waals surface area (Å²) in [5.74, 6) is 0.494.